The van der Waals surface area contributed by atoms with E-state index in [2.05, 4.69) is 115 Å². The number of hydrogen-bond donors (Lipinski definition) is 1. The van der Waals surface area contributed by atoms with Crippen LogP contribution in [0.1, 0.15) is 24.0 Å². The fourth-order valence-corrected chi connectivity index (χ4v) is 7.52. The molecule has 0 aliphatic carbocycles. The third-order valence-corrected chi connectivity index (χ3v) is 10.1. The minimum absolute atomic E-state index is 0.836. The molecule has 232 valence electrons. The number of rotatable bonds is 10. The molecule has 6 nitrogen and oxygen atoms in total. The van der Waals surface area contributed by atoms with Crippen LogP contribution < -0.4 is 15.0 Å². The number of piperazine rings is 1. The molecule has 1 aromatic heterocycles. The van der Waals surface area contributed by atoms with Gasteiger partial charge in [-0.15, -0.1) is 0 Å². The Hall–Kier alpha value is -3.40. The summed E-state index contributed by atoms with van der Waals surface area (Å²) >= 11 is 2.39. The predicted octanol–water partition coefficient (Wildman–Crippen LogP) is 7.75. The van der Waals surface area contributed by atoms with Crippen molar-refractivity contribution >= 4 is 61.5 Å². The average molecular weight is 712 g/mol. The van der Waals surface area contributed by atoms with Crippen molar-refractivity contribution in [1.29, 1.82) is 0 Å². The van der Waals surface area contributed by atoms with E-state index in [9.17, 15) is 0 Å². The van der Waals surface area contributed by atoms with Crippen LogP contribution in [0, 0.1) is 3.57 Å². The smallest absolute Gasteiger partial charge is 0.121 e. The first-order valence-electron chi connectivity index (χ1n) is 16.4. The van der Waals surface area contributed by atoms with Crippen LogP contribution >= 0.6 is 22.6 Å². The fraction of sp³-hybridized carbons (Fsp3) is 0.342. The first-order valence-corrected chi connectivity index (χ1v) is 17.4. The molecule has 1 saturated heterocycles. The molecule has 0 amide bonds. The number of hydrogen-bond acceptors (Lipinski definition) is 6. The van der Waals surface area contributed by atoms with Crippen LogP contribution in [0.15, 0.2) is 84.9 Å². The van der Waals surface area contributed by atoms with Crippen LogP contribution in [-0.4, -0.2) is 74.3 Å². The highest BCUT2D eigenvalue weighted by atomic mass is 127. The minimum atomic E-state index is 0.836. The summed E-state index contributed by atoms with van der Waals surface area (Å²) in [7, 11) is 1.71. The van der Waals surface area contributed by atoms with E-state index in [0.717, 1.165) is 93.8 Å². The topological polar surface area (TPSA) is 43.9 Å². The second-order valence-electron chi connectivity index (χ2n) is 12.3. The third-order valence-electron chi connectivity index (χ3n) is 9.45. The Morgan fingerprint density at radius 1 is 0.711 bits per heavy atom. The molecule has 0 radical (unpaired) electrons. The van der Waals surface area contributed by atoms with Crippen LogP contribution in [-0.2, 0) is 12.8 Å². The number of para-hydroxylation sites is 2. The van der Waals surface area contributed by atoms with E-state index < -0.39 is 0 Å². The van der Waals surface area contributed by atoms with Crippen molar-refractivity contribution in [2.75, 3.05) is 69.7 Å². The third kappa shape index (κ3) is 6.76. The second kappa shape index (κ2) is 13.9. The van der Waals surface area contributed by atoms with Gasteiger partial charge in [-0.3, -0.25) is 0 Å². The maximum absolute atomic E-state index is 5.47. The predicted molar refractivity (Wildman–Crippen MR) is 196 cm³/mol. The maximum atomic E-state index is 5.47. The van der Waals surface area contributed by atoms with Crippen LogP contribution in [0.5, 0.6) is 5.75 Å². The van der Waals surface area contributed by atoms with Gasteiger partial charge in [0.15, 0.2) is 0 Å². The summed E-state index contributed by atoms with van der Waals surface area (Å²) in [6, 6.07) is 30.6. The quantitative estimate of drug-likeness (QED) is 0.0909. The van der Waals surface area contributed by atoms with Gasteiger partial charge in [0.1, 0.15) is 5.75 Å². The van der Waals surface area contributed by atoms with E-state index in [-0.39, 0.29) is 0 Å². The summed E-state index contributed by atoms with van der Waals surface area (Å²) in [4.78, 5) is 12.8. The van der Waals surface area contributed by atoms with E-state index in [1.807, 2.05) is 12.1 Å². The zero-order valence-electron chi connectivity index (χ0n) is 26.1. The van der Waals surface area contributed by atoms with Crippen LogP contribution in [0.2, 0.25) is 0 Å². The van der Waals surface area contributed by atoms with E-state index in [1.165, 1.54) is 43.6 Å². The van der Waals surface area contributed by atoms with Crippen molar-refractivity contribution in [3.05, 3.63) is 99.6 Å². The molecule has 1 N–H and O–H groups in total. The molecule has 2 aliphatic rings. The highest BCUT2D eigenvalue weighted by Crippen LogP contribution is 2.36. The summed E-state index contributed by atoms with van der Waals surface area (Å²) in [6.45, 7) is 8.87. The molecular formula is C38H42IN5O. The molecule has 3 heterocycles. The number of ether oxygens (including phenoxy) is 1. The van der Waals surface area contributed by atoms with Crippen molar-refractivity contribution in [3.63, 3.8) is 0 Å². The molecule has 2 aliphatic heterocycles. The number of nitrogens with zero attached hydrogens (tertiary/aromatic N) is 4. The number of aromatic nitrogens is 1. The van der Waals surface area contributed by atoms with Crippen LogP contribution in [0.3, 0.4) is 0 Å². The van der Waals surface area contributed by atoms with Crippen molar-refractivity contribution in [2.45, 2.75) is 25.7 Å². The van der Waals surface area contributed by atoms with Gasteiger partial charge in [0, 0.05) is 71.1 Å². The lowest BCUT2D eigenvalue weighted by molar-refractivity contribution is 0.132. The normalized spacial score (nSPS) is 15.6. The van der Waals surface area contributed by atoms with Gasteiger partial charge in [0.2, 0.25) is 0 Å². The first kappa shape index (κ1) is 30.3. The van der Waals surface area contributed by atoms with Crippen molar-refractivity contribution in [2.24, 2.45) is 0 Å². The Morgan fingerprint density at radius 2 is 1.38 bits per heavy atom. The molecule has 1 fully saturated rings. The molecular weight excluding hydrogens is 669 g/mol. The van der Waals surface area contributed by atoms with Gasteiger partial charge in [-0.1, -0.05) is 36.4 Å². The minimum Gasteiger partial charge on any atom is -0.497 e. The summed E-state index contributed by atoms with van der Waals surface area (Å²) < 4.78 is 6.69. The zero-order chi connectivity index (χ0) is 30.6. The molecule has 4 aromatic carbocycles. The number of anilines is 3. The largest absolute Gasteiger partial charge is 0.497 e. The van der Waals surface area contributed by atoms with Gasteiger partial charge in [-0.05, 0) is 115 Å². The molecule has 0 unspecified atom stereocenters. The highest BCUT2D eigenvalue weighted by molar-refractivity contribution is 14.1. The maximum Gasteiger partial charge on any atom is 0.121 e. The van der Waals surface area contributed by atoms with Crippen LogP contribution in [0.4, 0.5) is 17.1 Å². The summed E-state index contributed by atoms with van der Waals surface area (Å²) in [5.74, 6) is 0.836. The van der Waals surface area contributed by atoms with E-state index in [1.54, 1.807) is 7.11 Å². The summed E-state index contributed by atoms with van der Waals surface area (Å²) in [6.07, 6.45) is 4.52. The van der Waals surface area contributed by atoms with Gasteiger partial charge < -0.3 is 24.8 Å². The molecule has 5 aromatic rings. The van der Waals surface area contributed by atoms with E-state index in [0.29, 0.717) is 0 Å². The molecule has 7 heteroatoms. The standard InChI is InChI=1S/C38H42IN5O/c1-45-31-15-16-32-35(27-31)41-34-17-14-30(39)26-33(34)38(32)40-18-6-19-42-22-24-43(25-23-42)20-7-21-44-36-10-4-2-8-28(36)12-13-29-9-3-5-11-37(29)44/h2-5,8-11,14-17,26-27H,6-7,12-13,18-25H2,1H3,(H,40,41). The van der Waals surface area contributed by atoms with Gasteiger partial charge in [-0.2, -0.15) is 0 Å². The number of halogens is 1. The molecule has 45 heavy (non-hydrogen) atoms. The lowest BCUT2D eigenvalue weighted by atomic mass is 10.0. The Bertz CT molecular complexity index is 1740. The lowest BCUT2D eigenvalue weighted by Crippen LogP contribution is -2.47. The molecule has 0 bridgehead atoms. The van der Waals surface area contributed by atoms with Crippen molar-refractivity contribution in [1.82, 2.24) is 14.8 Å². The number of pyridine rings is 1. The lowest BCUT2D eigenvalue weighted by Gasteiger charge is -2.35. The number of aryl methyl sites for hydroxylation is 2. The van der Waals surface area contributed by atoms with Crippen LogP contribution in [0.25, 0.3) is 21.8 Å². The SMILES string of the molecule is COc1ccc2c(NCCCN3CCN(CCCN4c5ccccc5CCc5ccccc54)CC3)c3cc(I)ccc3nc2c1. The Labute approximate surface area is 280 Å². The summed E-state index contributed by atoms with van der Waals surface area (Å²) in [5, 5.41) is 6.12. The number of fused-ring (bicyclic) bond motifs is 4. The molecule has 0 atom stereocenters. The highest BCUT2D eigenvalue weighted by Gasteiger charge is 2.21. The number of benzene rings is 4. The van der Waals surface area contributed by atoms with E-state index in [4.69, 9.17) is 9.72 Å². The number of methoxy groups -OCH3 is 1. The van der Waals surface area contributed by atoms with E-state index >= 15 is 0 Å². The second-order valence-corrected chi connectivity index (χ2v) is 13.5. The molecule has 0 saturated carbocycles. The zero-order valence-corrected chi connectivity index (χ0v) is 28.3. The molecule has 0 spiro atoms. The summed E-state index contributed by atoms with van der Waals surface area (Å²) in [5.41, 5.74) is 8.88. The van der Waals surface area contributed by atoms with Gasteiger partial charge in [0.05, 0.1) is 23.8 Å². The molecule has 7 rings (SSSR count). The Morgan fingerprint density at radius 3 is 2.07 bits per heavy atom. The average Bonchev–Trinajstić information content (AvgIpc) is 3.23. The van der Waals surface area contributed by atoms with Crippen molar-refractivity contribution in [3.8, 4) is 5.75 Å². The Balaban J connectivity index is 0.909. The fourth-order valence-electron chi connectivity index (χ4n) is 7.03. The van der Waals surface area contributed by atoms with Gasteiger partial charge in [-0.25, -0.2) is 4.98 Å². The first-order chi connectivity index (χ1) is 22.2. The van der Waals surface area contributed by atoms with Crippen molar-refractivity contribution < 1.29 is 4.74 Å². The monoisotopic (exact) mass is 711 g/mol. The van der Waals surface area contributed by atoms with Gasteiger partial charge >= 0.3 is 0 Å². The van der Waals surface area contributed by atoms with Gasteiger partial charge in [0.25, 0.3) is 0 Å². The number of nitrogens with one attached hydrogen (secondary N) is 1. The Kier molecular flexibility index (Phi) is 9.37.